The summed E-state index contributed by atoms with van der Waals surface area (Å²) in [6, 6.07) is 15.8. The van der Waals surface area contributed by atoms with Crippen molar-refractivity contribution in [2.45, 2.75) is 6.04 Å². The number of carbonyl (C=O) groups excluding carboxylic acids is 1. The fraction of sp³-hybridized carbons (Fsp3) is 0.261. The van der Waals surface area contributed by atoms with Crippen LogP contribution in [0.25, 0.3) is 11.3 Å². The minimum absolute atomic E-state index is 0.120. The Bertz CT molecular complexity index is 1090. The number of halogens is 1. The van der Waals surface area contributed by atoms with Gasteiger partial charge in [-0.05, 0) is 23.6 Å². The number of hydrogen-bond donors (Lipinski definition) is 2. The first-order valence-electron chi connectivity index (χ1n) is 10.1. The lowest BCUT2D eigenvalue weighted by molar-refractivity contribution is 0.0714. The van der Waals surface area contributed by atoms with Gasteiger partial charge in [-0.1, -0.05) is 42.5 Å². The van der Waals surface area contributed by atoms with Crippen molar-refractivity contribution < 1.29 is 9.18 Å². The average Bonchev–Trinajstić information content (AvgIpc) is 3.35. The topological polar surface area (TPSA) is 84.1 Å². The van der Waals surface area contributed by atoms with Crippen molar-refractivity contribution >= 4 is 11.9 Å². The van der Waals surface area contributed by atoms with Crippen LogP contribution in [0.1, 0.15) is 22.0 Å². The molecule has 6 nitrogen and oxygen atoms in total. The zero-order valence-corrected chi connectivity index (χ0v) is 16.3. The molecule has 0 unspecified atom stereocenters. The monoisotopic (exact) mass is 403 g/mol. The van der Waals surface area contributed by atoms with Crippen molar-refractivity contribution in [3.63, 3.8) is 0 Å². The van der Waals surface area contributed by atoms with E-state index in [-0.39, 0.29) is 29.6 Å². The molecule has 2 aromatic carbocycles. The van der Waals surface area contributed by atoms with Gasteiger partial charge in [-0.3, -0.25) is 4.79 Å². The summed E-state index contributed by atoms with van der Waals surface area (Å²) in [4.78, 5) is 24.1. The number of aromatic nitrogens is 2. The maximum absolute atomic E-state index is 14.0. The summed E-state index contributed by atoms with van der Waals surface area (Å²) < 4.78 is 14.0. The van der Waals surface area contributed by atoms with E-state index in [2.05, 4.69) is 15.3 Å². The minimum atomic E-state index is -0.296. The van der Waals surface area contributed by atoms with Crippen molar-refractivity contribution in [2.24, 2.45) is 11.8 Å². The Hall–Kier alpha value is -3.32. The van der Waals surface area contributed by atoms with Gasteiger partial charge < -0.3 is 16.0 Å². The number of likely N-dealkylation sites (tertiary alicyclic amines) is 1. The first-order chi connectivity index (χ1) is 14.6. The Kier molecular flexibility index (Phi) is 4.67. The van der Waals surface area contributed by atoms with E-state index in [0.717, 1.165) is 24.2 Å². The summed E-state index contributed by atoms with van der Waals surface area (Å²) in [5, 5.41) is 3.41. The molecule has 3 heterocycles. The molecule has 1 aromatic heterocycles. The highest BCUT2D eigenvalue weighted by molar-refractivity contribution is 6.00. The first-order valence-corrected chi connectivity index (χ1v) is 10.1. The van der Waals surface area contributed by atoms with E-state index in [9.17, 15) is 9.18 Å². The summed E-state index contributed by atoms with van der Waals surface area (Å²) in [5.41, 5.74) is 8.37. The zero-order valence-electron chi connectivity index (χ0n) is 16.3. The summed E-state index contributed by atoms with van der Waals surface area (Å²) in [5.74, 6) is 0.241. The number of nitrogen functional groups attached to an aromatic ring is 1. The van der Waals surface area contributed by atoms with E-state index < -0.39 is 0 Å². The largest absolute Gasteiger partial charge is 0.368 e. The van der Waals surface area contributed by atoms with Crippen LogP contribution >= 0.6 is 0 Å². The van der Waals surface area contributed by atoms with Crippen LogP contribution in [0.2, 0.25) is 0 Å². The molecule has 3 aromatic rings. The van der Waals surface area contributed by atoms with Crippen LogP contribution in [0.3, 0.4) is 0 Å². The molecule has 30 heavy (non-hydrogen) atoms. The lowest BCUT2D eigenvalue weighted by atomic mass is 9.89. The molecule has 0 saturated carbocycles. The number of benzene rings is 2. The van der Waals surface area contributed by atoms with Crippen molar-refractivity contribution in [1.82, 2.24) is 20.2 Å². The predicted octanol–water partition coefficient (Wildman–Crippen LogP) is 2.90. The second-order valence-electron chi connectivity index (χ2n) is 7.90. The normalized spacial score (nSPS) is 22.8. The van der Waals surface area contributed by atoms with Gasteiger partial charge in [0.25, 0.3) is 5.91 Å². The number of nitrogens with one attached hydrogen (secondary N) is 1. The number of hydrogen-bond acceptors (Lipinski definition) is 5. The van der Waals surface area contributed by atoms with Crippen molar-refractivity contribution in [2.75, 3.05) is 25.4 Å². The van der Waals surface area contributed by atoms with E-state index in [1.807, 2.05) is 41.3 Å². The highest BCUT2D eigenvalue weighted by atomic mass is 19.1. The average molecular weight is 403 g/mol. The number of rotatable bonds is 3. The van der Waals surface area contributed by atoms with E-state index >= 15 is 0 Å². The SMILES string of the molecule is Nc1ncc(C(=O)N2C[C@@H]3CNC[C@@H]3[C@@H]2c2cccc(F)c2)c(-c2ccccc2)n1. The smallest absolute Gasteiger partial charge is 0.258 e. The molecule has 1 amide bonds. The standard InChI is InChI=1S/C23H22FN5O/c24-17-8-4-7-15(9-17)21-18-11-26-10-16(18)13-29(21)22(30)19-12-27-23(25)28-20(19)14-5-2-1-3-6-14/h1-9,12,16,18,21,26H,10-11,13H2,(H2,25,27,28)/t16-,18-,21-/m0/s1. The van der Waals surface area contributed by atoms with Crippen molar-refractivity contribution in [3.8, 4) is 11.3 Å². The number of anilines is 1. The molecule has 2 aliphatic heterocycles. The zero-order chi connectivity index (χ0) is 20.7. The molecule has 0 spiro atoms. The van der Waals surface area contributed by atoms with Crippen LogP contribution < -0.4 is 11.1 Å². The number of amides is 1. The van der Waals surface area contributed by atoms with Gasteiger partial charge in [-0.15, -0.1) is 0 Å². The Balaban J connectivity index is 1.57. The summed E-state index contributed by atoms with van der Waals surface area (Å²) in [6.45, 7) is 2.26. The van der Waals surface area contributed by atoms with Crippen LogP contribution in [-0.2, 0) is 0 Å². The molecule has 0 radical (unpaired) electrons. The third kappa shape index (κ3) is 3.21. The number of carbonyl (C=O) groups is 1. The van der Waals surface area contributed by atoms with Gasteiger partial charge in [0.15, 0.2) is 0 Å². The third-order valence-electron chi connectivity index (χ3n) is 6.10. The Morgan fingerprint density at radius 3 is 2.77 bits per heavy atom. The van der Waals surface area contributed by atoms with Gasteiger partial charge in [0, 0.05) is 37.3 Å². The van der Waals surface area contributed by atoms with E-state index in [0.29, 0.717) is 23.7 Å². The van der Waals surface area contributed by atoms with Crippen LogP contribution in [-0.4, -0.2) is 40.4 Å². The lowest BCUT2D eigenvalue weighted by Gasteiger charge is -2.29. The molecule has 3 N–H and O–H groups in total. The Labute approximate surface area is 174 Å². The molecule has 3 atom stereocenters. The quantitative estimate of drug-likeness (QED) is 0.703. The van der Waals surface area contributed by atoms with E-state index in [1.54, 1.807) is 6.07 Å². The summed E-state index contributed by atoms with van der Waals surface area (Å²) >= 11 is 0. The highest BCUT2D eigenvalue weighted by Crippen LogP contribution is 2.43. The van der Waals surface area contributed by atoms with E-state index in [4.69, 9.17) is 5.73 Å². The molecule has 0 aliphatic carbocycles. The van der Waals surface area contributed by atoms with Gasteiger partial charge in [0.2, 0.25) is 5.95 Å². The molecule has 2 fully saturated rings. The Morgan fingerprint density at radius 2 is 1.97 bits per heavy atom. The van der Waals surface area contributed by atoms with Crippen LogP contribution in [0.5, 0.6) is 0 Å². The molecular formula is C23H22FN5O. The number of nitrogens with two attached hydrogens (primary N) is 1. The number of fused-ring (bicyclic) bond motifs is 1. The fourth-order valence-corrected chi connectivity index (χ4v) is 4.77. The van der Waals surface area contributed by atoms with Crippen molar-refractivity contribution in [3.05, 3.63) is 77.7 Å². The first kappa shape index (κ1) is 18.7. The van der Waals surface area contributed by atoms with Gasteiger partial charge in [0.1, 0.15) is 5.82 Å². The van der Waals surface area contributed by atoms with Gasteiger partial charge in [-0.2, -0.15) is 0 Å². The van der Waals surface area contributed by atoms with Gasteiger partial charge in [-0.25, -0.2) is 14.4 Å². The summed E-state index contributed by atoms with van der Waals surface area (Å²) in [6.07, 6.45) is 1.50. The lowest BCUT2D eigenvalue weighted by Crippen LogP contribution is -2.35. The summed E-state index contributed by atoms with van der Waals surface area (Å²) in [7, 11) is 0. The molecule has 7 heteroatoms. The third-order valence-corrected chi connectivity index (χ3v) is 6.10. The number of nitrogens with zero attached hydrogens (tertiary/aromatic N) is 3. The highest BCUT2D eigenvalue weighted by Gasteiger charge is 2.47. The molecule has 152 valence electrons. The fourth-order valence-electron chi connectivity index (χ4n) is 4.77. The molecule has 0 bridgehead atoms. The molecule has 2 aliphatic rings. The Morgan fingerprint density at radius 1 is 1.13 bits per heavy atom. The molecule has 5 rings (SSSR count). The minimum Gasteiger partial charge on any atom is -0.368 e. The van der Waals surface area contributed by atoms with Crippen LogP contribution in [0.15, 0.2) is 60.8 Å². The maximum Gasteiger partial charge on any atom is 0.258 e. The van der Waals surface area contributed by atoms with Crippen molar-refractivity contribution in [1.29, 1.82) is 0 Å². The van der Waals surface area contributed by atoms with Crippen LogP contribution in [0.4, 0.5) is 10.3 Å². The molecule has 2 saturated heterocycles. The second kappa shape index (κ2) is 7.50. The van der Waals surface area contributed by atoms with Gasteiger partial charge in [0.05, 0.1) is 17.3 Å². The predicted molar refractivity (Wildman–Crippen MR) is 112 cm³/mol. The molecular weight excluding hydrogens is 381 g/mol. The van der Waals surface area contributed by atoms with Gasteiger partial charge >= 0.3 is 0 Å². The van der Waals surface area contributed by atoms with E-state index in [1.165, 1.54) is 18.3 Å². The van der Waals surface area contributed by atoms with Crippen LogP contribution in [0, 0.1) is 17.7 Å². The second-order valence-corrected chi connectivity index (χ2v) is 7.90. The maximum atomic E-state index is 14.0.